The minimum atomic E-state index is -2.40. The lowest BCUT2D eigenvalue weighted by Gasteiger charge is -2.36. The van der Waals surface area contributed by atoms with Crippen molar-refractivity contribution < 1.29 is 9.32 Å². The molecule has 0 unspecified atom stereocenters. The van der Waals surface area contributed by atoms with Crippen molar-refractivity contribution in [2.45, 2.75) is 0 Å². The largest absolute Gasteiger partial charge is 0.421 e. The van der Waals surface area contributed by atoms with Crippen molar-refractivity contribution in [3.05, 3.63) is 23.8 Å². The van der Waals surface area contributed by atoms with E-state index in [2.05, 4.69) is 15.4 Å². The van der Waals surface area contributed by atoms with E-state index in [1.807, 2.05) is 56.3 Å². The number of hydrogen-bond acceptors (Lipinski definition) is 7. The highest BCUT2D eigenvalue weighted by Crippen LogP contribution is 2.64. The van der Waals surface area contributed by atoms with Crippen LogP contribution in [0, 0.1) is 0 Å². The zero-order valence-electron chi connectivity index (χ0n) is 13.7. The highest BCUT2D eigenvalue weighted by Gasteiger charge is 2.54. The molecule has 0 saturated heterocycles. The summed E-state index contributed by atoms with van der Waals surface area (Å²) in [4.78, 5) is 12.7. The SMILES string of the molecule is CN(C)[P+](OC(=O)c1cccc2n[nH]nc12)(N(C)C)N(C)C. The van der Waals surface area contributed by atoms with E-state index < -0.39 is 13.9 Å². The number of nitrogens with zero attached hydrogens (tertiary/aromatic N) is 5. The van der Waals surface area contributed by atoms with Crippen molar-refractivity contribution in [1.29, 1.82) is 0 Å². The van der Waals surface area contributed by atoms with E-state index in [0.717, 1.165) is 0 Å². The number of carbonyl (C=O) groups is 1. The second-order valence-corrected chi connectivity index (χ2v) is 9.04. The fourth-order valence-corrected chi connectivity index (χ4v) is 5.47. The number of nitrogens with one attached hydrogen (secondary N) is 1. The average molecular weight is 325 g/mol. The van der Waals surface area contributed by atoms with Gasteiger partial charge < -0.3 is 0 Å². The molecule has 0 atom stereocenters. The number of hydrogen-bond donors (Lipinski definition) is 1. The molecule has 0 amide bonds. The predicted octanol–water partition coefficient (Wildman–Crippen LogP) is 1.48. The van der Waals surface area contributed by atoms with Crippen LogP contribution in [0.2, 0.25) is 0 Å². The van der Waals surface area contributed by atoms with Gasteiger partial charge in [0.25, 0.3) is 0 Å². The molecule has 0 spiro atoms. The number of carbonyl (C=O) groups excluding carboxylic acids is 1. The molecule has 0 aliphatic carbocycles. The molecular formula is C13H22N6O2P+. The zero-order chi connectivity index (χ0) is 16.5. The van der Waals surface area contributed by atoms with E-state index in [1.54, 1.807) is 18.2 Å². The lowest BCUT2D eigenvalue weighted by molar-refractivity contribution is 0.0703. The maximum Gasteiger partial charge on any atom is 0.421 e. The van der Waals surface area contributed by atoms with Gasteiger partial charge in [0.15, 0.2) is 0 Å². The summed E-state index contributed by atoms with van der Waals surface area (Å²) >= 11 is 0. The van der Waals surface area contributed by atoms with Crippen LogP contribution < -0.4 is 0 Å². The minimum Gasteiger partial charge on any atom is -0.249 e. The Morgan fingerprint density at radius 1 is 1.05 bits per heavy atom. The highest BCUT2D eigenvalue weighted by atomic mass is 31.2. The normalized spacial score (nSPS) is 12.6. The van der Waals surface area contributed by atoms with Crippen LogP contribution in [0.15, 0.2) is 18.2 Å². The van der Waals surface area contributed by atoms with Gasteiger partial charge in [-0.1, -0.05) is 6.07 Å². The van der Waals surface area contributed by atoms with Gasteiger partial charge >= 0.3 is 13.9 Å². The zero-order valence-corrected chi connectivity index (χ0v) is 14.6. The summed E-state index contributed by atoms with van der Waals surface area (Å²) in [6.07, 6.45) is 0. The number of H-pyrrole nitrogens is 1. The van der Waals surface area contributed by atoms with Crippen LogP contribution in [0.5, 0.6) is 0 Å². The standard InChI is InChI=1S/C13H21N6O2P/c1-17(2)22(18(3)4,19(5)6)21-13(20)10-8-7-9-11-12(10)15-16-14-11/h7-9H,1-6H3/p+1. The fourth-order valence-electron chi connectivity index (χ4n) is 2.51. The second kappa shape index (κ2) is 6.26. The van der Waals surface area contributed by atoms with Gasteiger partial charge in [-0.2, -0.15) is 15.4 Å². The van der Waals surface area contributed by atoms with Crippen molar-refractivity contribution in [3.8, 4) is 0 Å². The van der Waals surface area contributed by atoms with Crippen molar-refractivity contribution in [1.82, 2.24) is 29.4 Å². The molecule has 120 valence electrons. The summed E-state index contributed by atoms with van der Waals surface area (Å²) in [5.41, 5.74) is 1.56. The number of fused-ring (bicyclic) bond motifs is 1. The van der Waals surface area contributed by atoms with Gasteiger partial charge in [0.1, 0.15) is 11.0 Å². The number of para-hydroxylation sites is 1. The molecule has 2 rings (SSSR count). The van der Waals surface area contributed by atoms with Crippen LogP contribution in [-0.2, 0) is 4.52 Å². The maximum atomic E-state index is 12.7. The summed E-state index contributed by atoms with van der Waals surface area (Å²) in [6.45, 7) is 0. The van der Waals surface area contributed by atoms with E-state index in [0.29, 0.717) is 16.6 Å². The first-order chi connectivity index (χ1) is 10.3. The highest BCUT2D eigenvalue weighted by molar-refractivity contribution is 7.64. The van der Waals surface area contributed by atoms with E-state index >= 15 is 0 Å². The molecule has 0 aliphatic heterocycles. The third-order valence-corrected chi connectivity index (χ3v) is 6.87. The molecule has 2 aromatic rings. The number of rotatable bonds is 5. The quantitative estimate of drug-likeness (QED) is 0.834. The van der Waals surface area contributed by atoms with Crippen LogP contribution in [0.4, 0.5) is 0 Å². The van der Waals surface area contributed by atoms with Gasteiger partial charge in [0.05, 0.1) is 5.56 Å². The number of aromatic amines is 1. The molecule has 0 aliphatic rings. The summed E-state index contributed by atoms with van der Waals surface area (Å²) in [6, 6.07) is 5.26. The lowest BCUT2D eigenvalue weighted by atomic mass is 10.2. The molecule has 9 heteroatoms. The van der Waals surface area contributed by atoms with E-state index in [4.69, 9.17) is 4.52 Å². The predicted molar refractivity (Wildman–Crippen MR) is 87.3 cm³/mol. The molecule has 0 fully saturated rings. The first kappa shape index (κ1) is 16.8. The summed E-state index contributed by atoms with van der Waals surface area (Å²) < 4.78 is 11.8. The van der Waals surface area contributed by atoms with Crippen molar-refractivity contribution in [2.75, 3.05) is 42.3 Å². The summed E-state index contributed by atoms with van der Waals surface area (Å²) in [5, 5.41) is 10.6. The van der Waals surface area contributed by atoms with Gasteiger partial charge in [-0.25, -0.2) is 9.32 Å². The van der Waals surface area contributed by atoms with Crippen molar-refractivity contribution in [2.24, 2.45) is 0 Å². The van der Waals surface area contributed by atoms with E-state index in [1.165, 1.54) is 0 Å². The van der Waals surface area contributed by atoms with Crippen LogP contribution >= 0.6 is 7.94 Å². The topological polar surface area (TPSA) is 77.6 Å². The van der Waals surface area contributed by atoms with Gasteiger partial charge in [-0.3, -0.25) is 0 Å². The molecule has 22 heavy (non-hydrogen) atoms. The van der Waals surface area contributed by atoms with Crippen LogP contribution in [0.3, 0.4) is 0 Å². The molecule has 0 saturated carbocycles. The summed E-state index contributed by atoms with van der Waals surface area (Å²) in [7, 11) is 9.00. The van der Waals surface area contributed by atoms with Crippen LogP contribution in [0.1, 0.15) is 10.4 Å². The van der Waals surface area contributed by atoms with E-state index in [-0.39, 0.29) is 0 Å². The number of aromatic nitrogens is 3. The Hall–Kier alpha value is -1.60. The van der Waals surface area contributed by atoms with Crippen molar-refractivity contribution >= 4 is 24.9 Å². The molecule has 8 nitrogen and oxygen atoms in total. The maximum absolute atomic E-state index is 12.7. The molecular weight excluding hydrogens is 303 g/mol. The Morgan fingerprint density at radius 2 is 1.64 bits per heavy atom. The third-order valence-electron chi connectivity index (χ3n) is 3.34. The molecule has 1 aromatic heterocycles. The Balaban J connectivity index is 2.42. The molecule has 1 aromatic carbocycles. The smallest absolute Gasteiger partial charge is 0.249 e. The number of benzene rings is 1. The molecule has 1 N–H and O–H groups in total. The molecule has 1 heterocycles. The van der Waals surface area contributed by atoms with Crippen molar-refractivity contribution in [3.63, 3.8) is 0 Å². The first-order valence-electron chi connectivity index (χ1n) is 6.76. The Labute approximate surface area is 130 Å². The monoisotopic (exact) mass is 325 g/mol. The second-order valence-electron chi connectivity index (χ2n) is 5.43. The van der Waals surface area contributed by atoms with Gasteiger partial charge in [-0.05, 0) is 12.1 Å². The van der Waals surface area contributed by atoms with Gasteiger partial charge in [0.2, 0.25) is 0 Å². The molecule has 0 radical (unpaired) electrons. The Bertz CT molecular complexity index is 648. The fraction of sp³-hybridized carbons (Fsp3) is 0.462. The third kappa shape index (κ3) is 2.70. The summed E-state index contributed by atoms with van der Waals surface area (Å²) in [5.74, 6) is -0.413. The Kier molecular flexibility index (Phi) is 4.77. The first-order valence-corrected chi connectivity index (χ1v) is 8.33. The lowest BCUT2D eigenvalue weighted by Crippen LogP contribution is -2.38. The van der Waals surface area contributed by atoms with Gasteiger partial charge in [0, 0.05) is 42.3 Å². The minimum absolute atomic E-state index is 0.404. The van der Waals surface area contributed by atoms with Crippen LogP contribution in [0.25, 0.3) is 11.0 Å². The van der Waals surface area contributed by atoms with E-state index in [9.17, 15) is 4.79 Å². The molecule has 0 bridgehead atoms. The Morgan fingerprint density at radius 3 is 2.18 bits per heavy atom. The van der Waals surface area contributed by atoms with Gasteiger partial charge in [-0.15, -0.1) is 14.0 Å². The van der Waals surface area contributed by atoms with Crippen LogP contribution in [-0.4, -0.2) is 77.7 Å². The average Bonchev–Trinajstić information content (AvgIpc) is 2.91.